The Balaban J connectivity index is 2.44. The van der Waals surface area contributed by atoms with Crippen LogP contribution in [0.2, 0.25) is 0 Å². The van der Waals surface area contributed by atoms with Crippen molar-refractivity contribution in [3.05, 3.63) is 23.8 Å². The summed E-state index contributed by atoms with van der Waals surface area (Å²) in [5.41, 5.74) is 7.56. The Morgan fingerprint density at radius 1 is 1.30 bits per heavy atom. The summed E-state index contributed by atoms with van der Waals surface area (Å²) in [5.74, 6) is 1.38. The van der Waals surface area contributed by atoms with Gasteiger partial charge in [-0.15, -0.1) is 0 Å². The number of amides is 1. The summed E-state index contributed by atoms with van der Waals surface area (Å²) < 4.78 is 5.88. The first-order valence-electron chi connectivity index (χ1n) is 7.25. The largest absolute Gasteiger partial charge is 0.478 e. The second kappa shape index (κ2) is 5.83. The summed E-state index contributed by atoms with van der Waals surface area (Å²) in [6.07, 6.45) is -0.398. The highest BCUT2D eigenvalue weighted by atomic mass is 16.5. The van der Waals surface area contributed by atoms with Crippen LogP contribution in [0.4, 0.5) is 5.69 Å². The third kappa shape index (κ3) is 2.80. The number of carbonyl (C=O) groups excluding carboxylic acids is 1. The molecule has 0 aromatic heterocycles. The van der Waals surface area contributed by atoms with E-state index in [-0.39, 0.29) is 11.8 Å². The highest BCUT2D eigenvalue weighted by molar-refractivity contribution is 6.00. The molecule has 0 spiro atoms. The van der Waals surface area contributed by atoms with Crippen molar-refractivity contribution in [3.8, 4) is 5.75 Å². The average molecular weight is 276 g/mol. The summed E-state index contributed by atoms with van der Waals surface area (Å²) in [5, 5.41) is 0. The molecule has 1 aromatic carbocycles. The molecule has 2 rings (SSSR count). The number of rotatable bonds is 4. The monoisotopic (exact) mass is 276 g/mol. The second-order valence-electron chi connectivity index (χ2n) is 6.13. The molecule has 0 saturated carbocycles. The fourth-order valence-electron chi connectivity index (χ4n) is 2.43. The average Bonchev–Trinajstić information content (AvgIpc) is 2.40. The molecule has 110 valence electrons. The van der Waals surface area contributed by atoms with Gasteiger partial charge in [0.15, 0.2) is 6.10 Å². The van der Waals surface area contributed by atoms with Crippen LogP contribution in [-0.4, -0.2) is 18.6 Å². The number of fused-ring (bicyclic) bond motifs is 1. The van der Waals surface area contributed by atoms with Crippen molar-refractivity contribution in [2.24, 2.45) is 17.6 Å². The Morgan fingerprint density at radius 2 is 2.00 bits per heavy atom. The number of hydrogen-bond acceptors (Lipinski definition) is 3. The fraction of sp³-hybridized carbons (Fsp3) is 0.562. The van der Waals surface area contributed by atoms with E-state index in [2.05, 4.69) is 13.8 Å². The van der Waals surface area contributed by atoms with E-state index in [9.17, 15) is 4.79 Å². The molecular weight excluding hydrogens is 252 g/mol. The van der Waals surface area contributed by atoms with Gasteiger partial charge in [-0.25, -0.2) is 0 Å². The van der Waals surface area contributed by atoms with E-state index in [1.807, 2.05) is 36.9 Å². The van der Waals surface area contributed by atoms with E-state index in [0.717, 1.165) is 17.0 Å². The van der Waals surface area contributed by atoms with Crippen LogP contribution in [0.3, 0.4) is 0 Å². The van der Waals surface area contributed by atoms with Crippen LogP contribution >= 0.6 is 0 Å². The molecule has 1 amide bonds. The van der Waals surface area contributed by atoms with Gasteiger partial charge >= 0.3 is 0 Å². The van der Waals surface area contributed by atoms with Crippen molar-refractivity contribution in [2.45, 2.75) is 40.3 Å². The van der Waals surface area contributed by atoms with E-state index < -0.39 is 6.10 Å². The minimum absolute atomic E-state index is 0.0513. The second-order valence-corrected chi connectivity index (χ2v) is 6.13. The first kappa shape index (κ1) is 14.9. The Hall–Kier alpha value is -1.55. The molecule has 1 aliphatic rings. The van der Waals surface area contributed by atoms with Gasteiger partial charge in [-0.3, -0.25) is 4.79 Å². The van der Waals surface area contributed by atoms with Gasteiger partial charge in [0.05, 0.1) is 5.69 Å². The van der Waals surface area contributed by atoms with Crippen LogP contribution in [0.25, 0.3) is 0 Å². The summed E-state index contributed by atoms with van der Waals surface area (Å²) in [4.78, 5) is 14.5. The van der Waals surface area contributed by atoms with Crippen molar-refractivity contribution in [1.29, 1.82) is 0 Å². The van der Waals surface area contributed by atoms with Crippen LogP contribution in [0.5, 0.6) is 5.75 Å². The zero-order valence-corrected chi connectivity index (χ0v) is 12.7. The Bertz CT molecular complexity index is 497. The quantitative estimate of drug-likeness (QED) is 0.919. The van der Waals surface area contributed by atoms with Gasteiger partial charge in [-0.2, -0.15) is 0 Å². The van der Waals surface area contributed by atoms with E-state index in [4.69, 9.17) is 10.5 Å². The lowest BCUT2D eigenvalue weighted by molar-refractivity contribution is -0.128. The molecule has 1 atom stereocenters. The number of nitrogens with zero attached hydrogens (tertiary/aromatic N) is 1. The molecule has 0 saturated heterocycles. The number of carbonyl (C=O) groups is 1. The lowest BCUT2D eigenvalue weighted by Crippen LogP contribution is -2.49. The van der Waals surface area contributed by atoms with Gasteiger partial charge in [0, 0.05) is 13.1 Å². The van der Waals surface area contributed by atoms with Gasteiger partial charge in [-0.1, -0.05) is 33.8 Å². The zero-order chi connectivity index (χ0) is 14.9. The molecule has 0 radical (unpaired) electrons. The zero-order valence-electron chi connectivity index (χ0n) is 12.7. The summed E-state index contributed by atoms with van der Waals surface area (Å²) in [6, 6.07) is 5.85. The molecular formula is C16H24N2O2. The van der Waals surface area contributed by atoms with Crippen LogP contribution < -0.4 is 15.4 Å². The maximum Gasteiger partial charge on any atom is 0.268 e. The number of anilines is 1. The molecule has 4 heteroatoms. The molecule has 0 bridgehead atoms. The Morgan fingerprint density at radius 3 is 2.55 bits per heavy atom. The minimum atomic E-state index is -0.398. The van der Waals surface area contributed by atoms with Crippen LogP contribution in [0, 0.1) is 11.8 Å². The van der Waals surface area contributed by atoms with Gasteiger partial charge in [0.1, 0.15) is 5.75 Å². The van der Waals surface area contributed by atoms with Gasteiger partial charge in [0.2, 0.25) is 0 Å². The minimum Gasteiger partial charge on any atom is -0.478 e. The number of ether oxygens (including phenoxy) is 1. The fourth-order valence-corrected chi connectivity index (χ4v) is 2.43. The molecule has 0 aliphatic carbocycles. The van der Waals surface area contributed by atoms with E-state index in [1.54, 1.807) is 0 Å². The predicted octanol–water partition coefficient (Wildman–Crippen LogP) is 2.55. The van der Waals surface area contributed by atoms with Gasteiger partial charge in [0.25, 0.3) is 5.91 Å². The molecule has 20 heavy (non-hydrogen) atoms. The summed E-state index contributed by atoms with van der Waals surface area (Å²) >= 11 is 0. The smallest absolute Gasteiger partial charge is 0.268 e. The third-order valence-electron chi connectivity index (χ3n) is 3.47. The number of benzene rings is 1. The normalized spacial score (nSPS) is 18.4. The maximum absolute atomic E-state index is 12.6. The molecule has 2 N–H and O–H groups in total. The molecule has 1 heterocycles. The lowest BCUT2D eigenvalue weighted by atomic mass is 10.0. The first-order chi connectivity index (χ1) is 9.43. The third-order valence-corrected chi connectivity index (χ3v) is 3.47. The van der Waals surface area contributed by atoms with Crippen molar-refractivity contribution < 1.29 is 9.53 Å². The van der Waals surface area contributed by atoms with Crippen molar-refractivity contribution in [1.82, 2.24) is 0 Å². The van der Waals surface area contributed by atoms with Gasteiger partial charge < -0.3 is 15.4 Å². The summed E-state index contributed by atoms with van der Waals surface area (Å²) in [7, 11) is 0. The molecule has 1 aliphatic heterocycles. The first-order valence-corrected chi connectivity index (χ1v) is 7.25. The topological polar surface area (TPSA) is 55.6 Å². The highest BCUT2D eigenvalue weighted by Gasteiger charge is 2.36. The SMILES string of the molecule is CC(C)CN1C(=O)C(C(C)C)Oc2ccc(CN)cc21. The molecule has 0 fully saturated rings. The van der Waals surface area contributed by atoms with E-state index in [0.29, 0.717) is 19.0 Å². The Labute approximate surface area is 120 Å². The maximum atomic E-state index is 12.6. The predicted molar refractivity (Wildman–Crippen MR) is 80.8 cm³/mol. The van der Waals surface area contributed by atoms with Gasteiger partial charge in [-0.05, 0) is 29.5 Å². The summed E-state index contributed by atoms with van der Waals surface area (Å²) in [6.45, 7) is 9.40. The van der Waals surface area contributed by atoms with E-state index in [1.165, 1.54) is 0 Å². The van der Waals surface area contributed by atoms with Crippen molar-refractivity contribution in [2.75, 3.05) is 11.4 Å². The number of hydrogen-bond donors (Lipinski definition) is 1. The van der Waals surface area contributed by atoms with E-state index >= 15 is 0 Å². The number of nitrogens with two attached hydrogens (primary N) is 1. The van der Waals surface area contributed by atoms with Crippen LogP contribution in [0.1, 0.15) is 33.3 Å². The van der Waals surface area contributed by atoms with Crippen molar-refractivity contribution >= 4 is 11.6 Å². The van der Waals surface area contributed by atoms with Crippen LogP contribution in [-0.2, 0) is 11.3 Å². The van der Waals surface area contributed by atoms with Crippen molar-refractivity contribution in [3.63, 3.8) is 0 Å². The highest BCUT2D eigenvalue weighted by Crippen LogP contribution is 2.36. The molecule has 1 unspecified atom stereocenters. The standard InChI is InChI=1S/C16H24N2O2/c1-10(2)9-18-13-7-12(8-17)5-6-14(13)20-15(11(3)4)16(18)19/h5-7,10-11,15H,8-9,17H2,1-4H3. The molecule has 4 nitrogen and oxygen atoms in total. The lowest BCUT2D eigenvalue weighted by Gasteiger charge is -2.37. The Kier molecular flexibility index (Phi) is 4.33. The van der Waals surface area contributed by atoms with Crippen LogP contribution in [0.15, 0.2) is 18.2 Å². The molecule has 1 aromatic rings.